The molecule has 168 valence electrons. The van der Waals surface area contributed by atoms with E-state index in [0.717, 1.165) is 29.2 Å². The predicted molar refractivity (Wildman–Crippen MR) is 126 cm³/mol. The topological polar surface area (TPSA) is 82.2 Å². The number of fused-ring (bicyclic) bond motifs is 3. The second-order valence-corrected chi connectivity index (χ2v) is 9.55. The molecule has 1 amide bonds. The van der Waals surface area contributed by atoms with Crippen LogP contribution in [0.4, 0.5) is 15.8 Å². The molecule has 0 spiro atoms. The number of amides is 1. The molecule has 0 unspecified atom stereocenters. The van der Waals surface area contributed by atoms with Crippen LogP contribution in [0.2, 0.25) is 0 Å². The predicted octanol–water partition coefficient (Wildman–Crippen LogP) is 3.09. The van der Waals surface area contributed by atoms with Gasteiger partial charge in [-0.15, -0.1) is 11.3 Å². The molecule has 9 heteroatoms. The molecule has 4 heterocycles. The molecule has 1 aromatic carbocycles. The number of anilines is 2. The van der Waals surface area contributed by atoms with Gasteiger partial charge in [-0.05, 0) is 43.9 Å². The number of nitrogens with one attached hydrogen (secondary N) is 3. The number of rotatable bonds is 6. The number of benzene rings is 1. The van der Waals surface area contributed by atoms with E-state index in [9.17, 15) is 9.18 Å². The van der Waals surface area contributed by atoms with E-state index >= 15 is 0 Å². The summed E-state index contributed by atoms with van der Waals surface area (Å²) in [7, 11) is 1.77. The van der Waals surface area contributed by atoms with Gasteiger partial charge in [-0.3, -0.25) is 4.79 Å². The van der Waals surface area contributed by atoms with Gasteiger partial charge in [0.25, 0.3) is 5.91 Å². The van der Waals surface area contributed by atoms with Gasteiger partial charge in [0.15, 0.2) is 0 Å². The van der Waals surface area contributed by atoms with Gasteiger partial charge in [-0.25, -0.2) is 14.4 Å². The normalized spacial score (nSPS) is 20.0. The fraction of sp³-hybridized carbons (Fsp3) is 0.435. The summed E-state index contributed by atoms with van der Waals surface area (Å²) in [5.41, 5.74) is 3.75. The minimum absolute atomic E-state index is 0.176. The van der Waals surface area contributed by atoms with Gasteiger partial charge in [-0.2, -0.15) is 0 Å². The Morgan fingerprint density at radius 3 is 2.81 bits per heavy atom. The maximum Gasteiger partial charge on any atom is 0.263 e. The van der Waals surface area contributed by atoms with Crippen LogP contribution >= 0.6 is 11.3 Å². The van der Waals surface area contributed by atoms with Crippen molar-refractivity contribution in [1.29, 1.82) is 0 Å². The zero-order chi connectivity index (χ0) is 22.2. The first-order valence-corrected chi connectivity index (χ1v) is 11.8. The smallest absolute Gasteiger partial charge is 0.263 e. The van der Waals surface area contributed by atoms with Crippen molar-refractivity contribution in [2.45, 2.75) is 38.3 Å². The van der Waals surface area contributed by atoms with E-state index in [0.29, 0.717) is 46.8 Å². The average Bonchev–Trinajstić information content (AvgIpc) is 3.31. The fourth-order valence-electron chi connectivity index (χ4n) is 4.70. The molecule has 5 rings (SSSR count). The minimum atomic E-state index is -0.190. The van der Waals surface area contributed by atoms with E-state index in [-0.39, 0.29) is 11.7 Å². The molecule has 0 radical (unpaired) electrons. The lowest BCUT2D eigenvalue weighted by Crippen LogP contribution is -2.51. The van der Waals surface area contributed by atoms with Crippen molar-refractivity contribution in [1.82, 2.24) is 20.6 Å². The van der Waals surface area contributed by atoms with Crippen LogP contribution in [0.25, 0.3) is 10.3 Å². The van der Waals surface area contributed by atoms with Crippen LogP contribution in [-0.2, 0) is 6.42 Å². The summed E-state index contributed by atoms with van der Waals surface area (Å²) >= 11 is 1.32. The molecule has 2 aromatic heterocycles. The van der Waals surface area contributed by atoms with Crippen LogP contribution in [0.5, 0.6) is 0 Å². The highest BCUT2D eigenvalue weighted by Crippen LogP contribution is 2.33. The molecule has 3 aromatic rings. The van der Waals surface area contributed by atoms with Gasteiger partial charge in [0.1, 0.15) is 21.0 Å². The van der Waals surface area contributed by atoms with E-state index < -0.39 is 0 Å². The highest BCUT2D eigenvalue weighted by atomic mass is 32.1. The Hall–Kier alpha value is -2.78. The van der Waals surface area contributed by atoms with Gasteiger partial charge in [0.05, 0.1) is 17.1 Å². The number of carbonyl (C=O) groups excluding carboxylic acids is 1. The Morgan fingerprint density at radius 2 is 2.09 bits per heavy atom. The van der Waals surface area contributed by atoms with E-state index in [1.54, 1.807) is 19.3 Å². The lowest BCUT2D eigenvalue weighted by Gasteiger charge is -2.34. The van der Waals surface area contributed by atoms with E-state index in [1.807, 2.05) is 19.1 Å². The highest BCUT2D eigenvalue weighted by molar-refractivity contribution is 7.21. The Labute approximate surface area is 190 Å². The monoisotopic (exact) mass is 454 g/mol. The molecule has 0 saturated carbocycles. The second-order valence-electron chi connectivity index (χ2n) is 8.56. The average molecular weight is 455 g/mol. The third kappa shape index (κ3) is 4.02. The summed E-state index contributed by atoms with van der Waals surface area (Å²) in [5, 5.41) is 9.60. The molecule has 2 saturated heterocycles. The number of aromatic nitrogens is 2. The molecule has 0 aliphatic carbocycles. The number of hydrogen-bond acceptors (Lipinski definition) is 7. The summed E-state index contributed by atoms with van der Waals surface area (Å²) in [4.78, 5) is 25.1. The van der Waals surface area contributed by atoms with Crippen molar-refractivity contribution in [3.8, 4) is 0 Å². The number of hydrogen-bond donors (Lipinski definition) is 3. The number of piperazine rings is 1. The van der Waals surface area contributed by atoms with Gasteiger partial charge >= 0.3 is 0 Å². The quantitative estimate of drug-likeness (QED) is 0.531. The van der Waals surface area contributed by atoms with Crippen LogP contribution in [0.1, 0.15) is 33.8 Å². The largest absolute Gasteiger partial charge is 0.385 e. The second kappa shape index (κ2) is 8.63. The van der Waals surface area contributed by atoms with E-state index in [1.165, 1.54) is 24.2 Å². The van der Waals surface area contributed by atoms with E-state index in [4.69, 9.17) is 0 Å². The first kappa shape index (κ1) is 21.1. The number of carbonyl (C=O) groups is 1. The molecule has 2 aliphatic rings. The maximum atomic E-state index is 14.8. The van der Waals surface area contributed by atoms with Crippen LogP contribution in [0, 0.1) is 12.7 Å². The van der Waals surface area contributed by atoms with Crippen LogP contribution in [0.3, 0.4) is 0 Å². The first-order chi connectivity index (χ1) is 15.5. The first-order valence-electron chi connectivity index (χ1n) is 11.0. The van der Waals surface area contributed by atoms with Gasteiger partial charge < -0.3 is 20.9 Å². The van der Waals surface area contributed by atoms with Crippen LogP contribution in [0.15, 0.2) is 24.4 Å². The van der Waals surface area contributed by atoms with Gasteiger partial charge in [0.2, 0.25) is 0 Å². The lowest BCUT2D eigenvalue weighted by molar-refractivity contribution is 0.0959. The Morgan fingerprint density at radius 1 is 1.31 bits per heavy atom. The molecule has 32 heavy (non-hydrogen) atoms. The number of thiophene rings is 1. The summed E-state index contributed by atoms with van der Waals surface area (Å²) in [5.74, 6) is -0.366. The van der Waals surface area contributed by atoms with E-state index in [2.05, 4.69) is 30.8 Å². The molecule has 7 nitrogen and oxygen atoms in total. The minimum Gasteiger partial charge on any atom is -0.385 e. The lowest BCUT2D eigenvalue weighted by atomic mass is 10.1. The standard InChI is InChI=1S/C23H27FN6OS/c1-13-10-27-20-19(25-2)21(32-23(20)28-13)22(31)26-8-7-14-3-6-18(17(24)9-14)30-11-15-4-5-16(12-30)29-15/h3,6,9-10,15-16,25,29H,4-5,7-8,11-12H2,1-2H3,(H,26,31)/t15-,16+. The molecule has 2 fully saturated rings. The molecule has 3 N–H and O–H groups in total. The third-order valence-corrected chi connectivity index (χ3v) is 7.32. The number of nitrogens with zero attached hydrogens (tertiary/aromatic N) is 3. The summed E-state index contributed by atoms with van der Waals surface area (Å²) < 4.78 is 14.8. The maximum absolute atomic E-state index is 14.8. The van der Waals surface area contributed by atoms with Crippen LogP contribution < -0.4 is 20.9 Å². The van der Waals surface area contributed by atoms with Crippen molar-refractivity contribution in [2.75, 3.05) is 36.9 Å². The van der Waals surface area contributed by atoms with Crippen molar-refractivity contribution in [3.63, 3.8) is 0 Å². The highest BCUT2D eigenvalue weighted by Gasteiger charge is 2.33. The van der Waals surface area contributed by atoms with Crippen molar-refractivity contribution in [3.05, 3.63) is 46.3 Å². The van der Waals surface area contributed by atoms with Gasteiger partial charge in [0, 0.05) is 45.0 Å². The van der Waals surface area contributed by atoms with Gasteiger partial charge in [-0.1, -0.05) is 6.07 Å². The molecule has 2 bridgehead atoms. The molecule has 2 atom stereocenters. The Bertz CT molecular complexity index is 1150. The zero-order valence-corrected chi connectivity index (χ0v) is 19.1. The summed E-state index contributed by atoms with van der Waals surface area (Å²) in [6, 6.07) is 6.37. The summed E-state index contributed by atoms with van der Waals surface area (Å²) in [6.45, 7) is 4.01. The Balaban J connectivity index is 1.22. The number of halogens is 1. The van der Waals surface area contributed by atoms with Crippen molar-refractivity contribution in [2.24, 2.45) is 0 Å². The number of aryl methyl sites for hydroxylation is 1. The Kier molecular flexibility index (Phi) is 5.69. The molecular weight excluding hydrogens is 427 g/mol. The zero-order valence-electron chi connectivity index (χ0n) is 18.2. The SMILES string of the molecule is CNc1c(C(=O)NCCc2ccc(N3C[C@H]4CC[C@@H](C3)N4)c(F)c2)sc2nc(C)cnc12. The fourth-order valence-corrected chi connectivity index (χ4v) is 5.80. The van der Waals surface area contributed by atoms with Crippen molar-refractivity contribution < 1.29 is 9.18 Å². The summed E-state index contributed by atoms with van der Waals surface area (Å²) in [6.07, 6.45) is 4.59. The van der Waals surface area contributed by atoms with Crippen molar-refractivity contribution >= 4 is 39.0 Å². The third-order valence-electron chi connectivity index (χ3n) is 6.25. The van der Waals surface area contributed by atoms with Crippen LogP contribution in [-0.4, -0.2) is 54.6 Å². The molecular formula is C23H27FN6OS. The molecule has 2 aliphatic heterocycles.